The maximum absolute atomic E-state index is 7.32. The van der Waals surface area contributed by atoms with Crippen LogP contribution in [0.15, 0.2) is 18.2 Å². The second kappa shape index (κ2) is 5.07. The Labute approximate surface area is 120 Å². The molecule has 0 spiro atoms. The standard InChI is InChI=1S/C13H12ClN5O/c14-13-18-11-6-20-5-9(11)12(19-13)17-8-1-2-10(16)7(3-8)4-15/h1-4,15H,5-6,16H2,(H,17,18,19). The van der Waals surface area contributed by atoms with Crippen LogP contribution in [0.25, 0.3) is 0 Å². The van der Waals surface area contributed by atoms with Crippen LogP contribution in [0.5, 0.6) is 0 Å². The first-order chi connectivity index (χ1) is 9.67. The summed E-state index contributed by atoms with van der Waals surface area (Å²) in [4.78, 5) is 8.33. The van der Waals surface area contributed by atoms with Crippen molar-refractivity contribution in [2.45, 2.75) is 13.2 Å². The smallest absolute Gasteiger partial charge is 0.224 e. The first kappa shape index (κ1) is 12.8. The van der Waals surface area contributed by atoms with Crippen molar-refractivity contribution in [3.63, 3.8) is 0 Å². The lowest BCUT2D eigenvalue weighted by Crippen LogP contribution is -2.03. The molecule has 2 heterocycles. The summed E-state index contributed by atoms with van der Waals surface area (Å²) in [5.41, 5.74) is 9.44. The van der Waals surface area contributed by atoms with Gasteiger partial charge in [0.1, 0.15) is 5.82 Å². The number of hydrogen-bond donors (Lipinski definition) is 3. The number of nitrogens with two attached hydrogens (primary N) is 1. The molecule has 1 aliphatic heterocycles. The molecule has 0 saturated heterocycles. The van der Waals surface area contributed by atoms with Gasteiger partial charge in [-0.25, -0.2) is 9.97 Å². The van der Waals surface area contributed by atoms with Gasteiger partial charge >= 0.3 is 0 Å². The van der Waals surface area contributed by atoms with Gasteiger partial charge in [-0.05, 0) is 29.8 Å². The average Bonchev–Trinajstić information content (AvgIpc) is 2.89. The van der Waals surface area contributed by atoms with Gasteiger partial charge in [0.05, 0.1) is 18.9 Å². The molecule has 20 heavy (non-hydrogen) atoms. The lowest BCUT2D eigenvalue weighted by atomic mass is 10.1. The first-order valence-corrected chi connectivity index (χ1v) is 6.35. The number of aromatic nitrogens is 2. The summed E-state index contributed by atoms with van der Waals surface area (Å²) in [6.07, 6.45) is 1.21. The number of nitrogen functional groups attached to an aromatic ring is 1. The average molecular weight is 290 g/mol. The van der Waals surface area contributed by atoms with Crippen molar-refractivity contribution in [1.29, 1.82) is 5.41 Å². The van der Waals surface area contributed by atoms with Gasteiger partial charge in [0.25, 0.3) is 0 Å². The van der Waals surface area contributed by atoms with Gasteiger partial charge in [0.15, 0.2) is 0 Å². The fraction of sp³-hybridized carbons (Fsp3) is 0.154. The van der Waals surface area contributed by atoms with Gasteiger partial charge in [0, 0.05) is 28.7 Å². The van der Waals surface area contributed by atoms with E-state index in [9.17, 15) is 0 Å². The van der Waals surface area contributed by atoms with Crippen molar-refractivity contribution >= 4 is 35.0 Å². The molecule has 0 saturated carbocycles. The number of nitrogens with one attached hydrogen (secondary N) is 2. The molecule has 0 atom stereocenters. The van der Waals surface area contributed by atoms with Crippen LogP contribution in [0, 0.1) is 5.41 Å². The zero-order valence-corrected chi connectivity index (χ0v) is 11.2. The Morgan fingerprint density at radius 1 is 1.35 bits per heavy atom. The van der Waals surface area contributed by atoms with E-state index in [1.165, 1.54) is 6.21 Å². The van der Waals surface area contributed by atoms with Crippen molar-refractivity contribution in [1.82, 2.24) is 9.97 Å². The van der Waals surface area contributed by atoms with Crippen LogP contribution in [0.4, 0.5) is 17.2 Å². The summed E-state index contributed by atoms with van der Waals surface area (Å²) < 4.78 is 5.35. The van der Waals surface area contributed by atoms with Gasteiger partial charge < -0.3 is 21.2 Å². The molecule has 1 aliphatic rings. The van der Waals surface area contributed by atoms with Gasteiger partial charge in [-0.15, -0.1) is 0 Å². The molecule has 3 rings (SSSR count). The Morgan fingerprint density at radius 2 is 2.20 bits per heavy atom. The topological polar surface area (TPSA) is 96.9 Å². The third kappa shape index (κ3) is 2.31. The van der Waals surface area contributed by atoms with Gasteiger partial charge in [-0.3, -0.25) is 0 Å². The Morgan fingerprint density at radius 3 is 3.00 bits per heavy atom. The molecule has 0 unspecified atom stereocenters. The normalized spacial score (nSPS) is 13.1. The third-order valence-corrected chi connectivity index (χ3v) is 3.22. The summed E-state index contributed by atoms with van der Waals surface area (Å²) in [7, 11) is 0. The molecule has 2 aromatic rings. The van der Waals surface area contributed by atoms with E-state index < -0.39 is 0 Å². The van der Waals surface area contributed by atoms with Crippen molar-refractivity contribution in [3.05, 3.63) is 40.3 Å². The molecule has 102 valence electrons. The Kier molecular flexibility index (Phi) is 3.25. The van der Waals surface area contributed by atoms with Crippen LogP contribution in [-0.4, -0.2) is 16.2 Å². The number of hydrogen-bond acceptors (Lipinski definition) is 6. The number of anilines is 3. The molecule has 0 bridgehead atoms. The predicted molar refractivity (Wildman–Crippen MR) is 77.6 cm³/mol. The van der Waals surface area contributed by atoms with Crippen LogP contribution in [-0.2, 0) is 18.0 Å². The molecule has 7 heteroatoms. The molecule has 0 aliphatic carbocycles. The molecular formula is C13H12ClN5O. The summed E-state index contributed by atoms with van der Waals surface area (Å²) in [6, 6.07) is 5.34. The number of rotatable bonds is 3. The fourth-order valence-corrected chi connectivity index (χ4v) is 2.23. The van der Waals surface area contributed by atoms with Crippen LogP contribution in [0.1, 0.15) is 16.8 Å². The molecule has 0 amide bonds. The van der Waals surface area contributed by atoms with Gasteiger partial charge in [-0.1, -0.05) is 0 Å². The zero-order chi connectivity index (χ0) is 14.1. The molecular weight excluding hydrogens is 278 g/mol. The predicted octanol–water partition coefficient (Wildman–Crippen LogP) is 2.48. The van der Waals surface area contributed by atoms with Gasteiger partial charge in [0.2, 0.25) is 5.28 Å². The Hall–Kier alpha value is -2.18. The summed E-state index contributed by atoms with van der Waals surface area (Å²) in [5.74, 6) is 0.623. The second-order valence-electron chi connectivity index (χ2n) is 4.37. The lowest BCUT2D eigenvalue weighted by Gasteiger charge is -2.11. The summed E-state index contributed by atoms with van der Waals surface area (Å²) in [6.45, 7) is 0.904. The highest BCUT2D eigenvalue weighted by Gasteiger charge is 2.19. The SMILES string of the molecule is N=Cc1cc(Nc2nc(Cl)nc3c2COC3)ccc1N. The molecule has 1 aromatic heterocycles. The van der Waals surface area contributed by atoms with E-state index in [1.807, 2.05) is 6.07 Å². The van der Waals surface area contributed by atoms with Crippen molar-refractivity contribution in [2.75, 3.05) is 11.1 Å². The number of benzene rings is 1. The van der Waals surface area contributed by atoms with Crippen LogP contribution in [0.2, 0.25) is 5.28 Å². The van der Waals surface area contributed by atoms with E-state index >= 15 is 0 Å². The van der Waals surface area contributed by atoms with E-state index in [-0.39, 0.29) is 5.28 Å². The highest BCUT2D eigenvalue weighted by Crippen LogP contribution is 2.28. The molecule has 1 aromatic carbocycles. The van der Waals surface area contributed by atoms with Gasteiger partial charge in [-0.2, -0.15) is 0 Å². The fourth-order valence-electron chi connectivity index (χ4n) is 2.04. The van der Waals surface area contributed by atoms with E-state index in [0.717, 1.165) is 16.9 Å². The van der Waals surface area contributed by atoms with E-state index in [0.29, 0.717) is 30.3 Å². The maximum atomic E-state index is 7.32. The van der Waals surface area contributed by atoms with Crippen molar-refractivity contribution < 1.29 is 4.74 Å². The number of halogens is 1. The lowest BCUT2D eigenvalue weighted by molar-refractivity contribution is 0.133. The van der Waals surface area contributed by atoms with Crippen LogP contribution >= 0.6 is 11.6 Å². The molecule has 0 radical (unpaired) electrons. The minimum absolute atomic E-state index is 0.180. The zero-order valence-electron chi connectivity index (χ0n) is 10.5. The van der Waals surface area contributed by atoms with Crippen LogP contribution in [0.3, 0.4) is 0 Å². The third-order valence-electron chi connectivity index (χ3n) is 3.06. The molecule has 6 nitrogen and oxygen atoms in total. The minimum atomic E-state index is 0.180. The largest absolute Gasteiger partial charge is 0.398 e. The van der Waals surface area contributed by atoms with E-state index in [4.69, 9.17) is 27.5 Å². The molecule has 0 fully saturated rings. The van der Waals surface area contributed by atoms with Crippen molar-refractivity contribution in [3.8, 4) is 0 Å². The van der Waals surface area contributed by atoms with Crippen molar-refractivity contribution in [2.24, 2.45) is 0 Å². The highest BCUT2D eigenvalue weighted by atomic mass is 35.5. The van der Waals surface area contributed by atoms with Crippen LogP contribution < -0.4 is 11.1 Å². The summed E-state index contributed by atoms with van der Waals surface area (Å²) >= 11 is 5.90. The monoisotopic (exact) mass is 289 g/mol. The number of fused-ring (bicyclic) bond motifs is 1. The molecule has 4 N–H and O–H groups in total. The minimum Gasteiger partial charge on any atom is -0.398 e. The number of nitrogens with zero attached hydrogens (tertiary/aromatic N) is 2. The Bertz CT molecular complexity index is 689. The number of ether oxygens (including phenoxy) is 1. The highest BCUT2D eigenvalue weighted by molar-refractivity contribution is 6.28. The Balaban J connectivity index is 1.98. The van der Waals surface area contributed by atoms with E-state index in [1.54, 1.807) is 12.1 Å². The first-order valence-electron chi connectivity index (χ1n) is 5.97. The van der Waals surface area contributed by atoms with E-state index in [2.05, 4.69) is 15.3 Å². The maximum Gasteiger partial charge on any atom is 0.224 e. The summed E-state index contributed by atoms with van der Waals surface area (Å²) in [5, 5.41) is 10.7. The quantitative estimate of drug-likeness (QED) is 0.458. The second-order valence-corrected chi connectivity index (χ2v) is 4.71.